The van der Waals surface area contributed by atoms with Gasteiger partial charge < -0.3 is 5.73 Å². The molecule has 0 radical (unpaired) electrons. The van der Waals surface area contributed by atoms with Gasteiger partial charge in [0.2, 0.25) is 3.79 Å². The second-order valence-electron chi connectivity index (χ2n) is 1.97. The zero-order chi connectivity index (χ0) is 8.48. The van der Waals surface area contributed by atoms with E-state index in [2.05, 4.69) is 4.98 Å². The normalized spacial score (nSPS) is 11.5. The van der Waals surface area contributed by atoms with Gasteiger partial charge in [0.05, 0.1) is 0 Å². The molecule has 0 spiro atoms. The molecule has 2 nitrogen and oxygen atoms in total. The number of anilines is 1. The lowest BCUT2D eigenvalue weighted by atomic mass is 10.3. The number of aromatic nitrogens is 1. The van der Waals surface area contributed by atoms with E-state index in [9.17, 15) is 0 Å². The van der Waals surface area contributed by atoms with Crippen LogP contribution in [-0.4, -0.2) is 4.98 Å². The smallest absolute Gasteiger partial charge is 0.217 e. The lowest BCUT2D eigenvalue weighted by Crippen LogP contribution is -2.01. The van der Waals surface area contributed by atoms with Crippen molar-refractivity contribution in [1.29, 1.82) is 0 Å². The Labute approximate surface area is 79.3 Å². The Morgan fingerprint density at radius 3 is 2.27 bits per heavy atom. The van der Waals surface area contributed by atoms with E-state index in [1.807, 2.05) is 0 Å². The Morgan fingerprint density at radius 2 is 1.91 bits per heavy atom. The van der Waals surface area contributed by atoms with E-state index < -0.39 is 3.79 Å². The number of hydrogen-bond acceptors (Lipinski definition) is 2. The van der Waals surface area contributed by atoms with Crippen molar-refractivity contribution < 1.29 is 0 Å². The fraction of sp³-hybridized carbons (Fsp3) is 0.167. The van der Waals surface area contributed by atoms with Crippen molar-refractivity contribution in [3.63, 3.8) is 0 Å². The molecule has 0 bridgehead atoms. The van der Waals surface area contributed by atoms with Crippen LogP contribution in [0.4, 0.5) is 5.82 Å². The zero-order valence-corrected chi connectivity index (χ0v) is 7.66. The molecule has 0 aliphatic carbocycles. The van der Waals surface area contributed by atoms with Gasteiger partial charge in [-0.2, -0.15) is 0 Å². The number of nitrogens with zero attached hydrogens (tertiary/aromatic N) is 1. The van der Waals surface area contributed by atoms with Crippen molar-refractivity contribution in [3.8, 4) is 0 Å². The average Bonchev–Trinajstić information content (AvgIpc) is 1.86. The quantitative estimate of drug-likeness (QED) is 0.670. The van der Waals surface area contributed by atoms with Crippen LogP contribution in [0.2, 0.25) is 0 Å². The minimum atomic E-state index is -1.42. The molecule has 0 saturated heterocycles. The number of nitrogen functional groups attached to an aromatic ring is 1. The molecule has 0 aliphatic rings. The first-order valence-corrected chi connectivity index (χ1v) is 3.92. The molecule has 0 unspecified atom stereocenters. The van der Waals surface area contributed by atoms with Gasteiger partial charge in [0, 0.05) is 11.8 Å². The minimum absolute atomic E-state index is 0.406. The van der Waals surface area contributed by atoms with Gasteiger partial charge in [-0.15, -0.1) is 0 Å². The van der Waals surface area contributed by atoms with Crippen molar-refractivity contribution in [2.24, 2.45) is 0 Å². The van der Waals surface area contributed by atoms with Gasteiger partial charge in [0.1, 0.15) is 5.82 Å². The summed E-state index contributed by atoms with van der Waals surface area (Å²) in [6, 6.07) is 3.20. The highest BCUT2D eigenvalue weighted by atomic mass is 35.6. The van der Waals surface area contributed by atoms with Gasteiger partial charge >= 0.3 is 0 Å². The van der Waals surface area contributed by atoms with Crippen LogP contribution in [0.15, 0.2) is 18.3 Å². The molecule has 11 heavy (non-hydrogen) atoms. The molecule has 1 rings (SSSR count). The summed E-state index contributed by atoms with van der Waals surface area (Å²) < 4.78 is -1.42. The third kappa shape index (κ3) is 2.40. The van der Waals surface area contributed by atoms with Gasteiger partial charge in [-0.1, -0.05) is 34.8 Å². The van der Waals surface area contributed by atoms with Crippen LogP contribution >= 0.6 is 34.8 Å². The van der Waals surface area contributed by atoms with Crippen molar-refractivity contribution in [1.82, 2.24) is 4.98 Å². The number of alkyl halides is 3. The predicted molar refractivity (Wildman–Crippen MR) is 47.9 cm³/mol. The van der Waals surface area contributed by atoms with Gasteiger partial charge in [-0.05, 0) is 12.1 Å². The van der Waals surface area contributed by atoms with E-state index in [-0.39, 0.29) is 0 Å². The maximum atomic E-state index is 5.56. The topological polar surface area (TPSA) is 38.9 Å². The van der Waals surface area contributed by atoms with Crippen LogP contribution in [0.1, 0.15) is 5.56 Å². The summed E-state index contributed by atoms with van der Waals surface area (Å²) in [5.74, 6) is 0.406. The number of hydrogen-bond donors (Lipinski definition) is 1. The molecule has 0 aliphatic heterocycles. The van der Waals surface area contributed by atoms with E-state index in [0.29, 0.717) is 11.4 Å². The van der Waals surface area contributed by atoms with Gasteiger partial charge in [-0.3, -0.25) is 0 Å². The molecular weight excluding hydrogens is 206 g/mol. The lowest BCUT2D eigenvalue weighted by Gasteiger charge is -2.09. The molecule has 1 heterocycles. The molecule has 5 heteroatoms. The fourth-order valence-electron chi connectivity index (χ4n) is 0.573. The minimum Gasteiger partial charge on any atom is -0.384 e. The van der Waals surface area contributed by atoms with E-state index >= 15 is 0 Å². The molecular formula is C6H5Cl3N2. The summed E-state index contributed by atoms with van der Waals surface area (Å²) in [5.41, 5.74) is 5.84. The summed E-state index contributed by atoms with van der Waals surface area (Å²) in [5, 5.41) is 0. The van der Waals surface area contributed by atoms with Crippen LogP contribution in [-0.2, 0) is 3.79 Å². The standard InChI is InChI=1S/C6H5Cl3N2/c7-6(8,9)4-1-2-5(10)11-3-4/h1-3H,(H2,10,11). The number of pyridine rings is 1. The molecule has 0 fully saturated rings. The first kappa shape index (κ1) is 8.91. The van der Waals surface area contributed by atoms with Crippen molar-refractivity contribution in [2.75, 3.05) is 5.73 Å². The summed E-state index contributed by atoms with van der Waals surface area (Å²) in [6.07, 6.45) is 1.43. The van der Waals surface area contributed by atoms with Crippen molar-refractivity contribution in [2.45, 2.75) is 3.79 Å². The van der Waals surface area contributed by atoms with E-state index in [1.165, 1.54) is 6.20 Å². The van der Waals surface area contributed by atoms with Crippen molar-refractivity contribution >= 4 is 40.6 Å². The lowest BCUT2D eigenvalue weighted by molar-refractivity contribution is 1.17. The highest BCUT2D eigenvalue weighted by Gasteiger charge is 2.22. The first-order chi connectivity index (χ1) is 5.00. The highest BCUT2D eigenvalue weighted by Crippen LogP contribution is 2.37. The Bertz CT molecular complexity index is 239. The molecule has 0 amide bonds. The second kappa shape index (κ2) is 3.05. The van der Waals surface area contributed by atoms with Crippen LogP contribution in [0.25, 0.3) is 0 Å². The fourth-order valence-corrected chi connectivity index (χ4v) is 0.908. The molecule has 1 aromatic rings. The molecule has 2 N–H and O–H groups in total. The average molecular weight is 211 g/mol. The molecule has 1 aromatic heterocycles. The second-order valence-corrected chi connectivity index (χ2v) is 4.25. The Balaban J connectivity index is 2.99. The largest absolute Gasteiger partial charge is 0.384 e. The zero-order valence-electron chi connectivity index (χ0n) is 5.39. The summed E-state index contributed by atoms with van der Waals surface area (Å²) >= 11 is 16.7. The Morgan fingerprint density at radius 1 is 1.27 bits per heavy atom. The molecule has 0 aromatic carbocycles. The van der Waals surface area contributed by atoms with Gasteiger partial charge in [-0.25, -0.2) is 4.98 Å². The number of nitrogens with two attached hydrogens (primary N) is 1. The first-order valence-electron chi connectivity index (χ1n) is 2.79. The maximum absolute atomic E-state index is 5.56. The third-order valence-corrected chi connectivity index (χ3v) is 1.77. The van der Waals surface area contributed by atoms with E-state index in [1.54, 1.807) is 12.1 Å². The van der Waals surface area contributed by atoms with Crippen molar-refractivity contribution in [3.05, 3.63) is 23.9 Å². The number of rotatable bonds is 0. The molecule has 60 valence electrons. The molecule has 0 saturated carbocycles. The Kier molecular flexibility index (Phi) is 2.47. The summed E-state index contributed by atoms with van der Waals surface area (Å²) in [7, 11) is 0. The molecule has 0 atom stereocenters. The van der Waals surface area contributed by atoms with Gasteiger partial charge in [0.15, 0.2) is 0 Å². The van der Waals surface area contributed by atoms with Crippen LogP contribution in [0.5, 0.6) is 0 Å². The van der Waals surface area contributed by atoms with E-state index in [0.717, 1.165) is 0 Å². The predicted octanol–water partition coefficient (Wildman–Crippen LogP) is 2.49. The Hall–Kier alpha value is -0.180. The van der Waals surface area contributed by atoms with Crippen LogP contribution in [0.3, 0.4) is 0 Å². The maximum Gasteiger partial charge on any atom is 0.217 e. The monoisotopic (exact) mass is 210 g/mol. The van der Waals surface area contributed by atoms with Gasteiger partial charge in [0.25, 0.3) is 0 Å². The third-order valence-electron chi connectivity index (χ3n) is 1.11. The van der Waals surface area contributed by atoms with Crippen LogP contribution < -0.4 is 5.73 Å². The van der Waals surface area contributed by atoms with Crippen LogP contribution in [0, 0.1) is 0 Å². The summed E-state index contributed by atoms with van der Waals surface area (Å²) in [6.45, 7) is 0. The summed E-state index contributed by atoms with van der Waals surface area (Å²) in [4.78, 5) is 3.77. The highest BCUT2D eigenvalue weighted by molar-refractivity contribution is 6.66. The number of halogens is 3. The van der Waals surface area contributed by atoms with E-state index in [4.69, 9.17) is 40.5 Å². The SMILES string of the molecule is Nc1ccc(C(Cl)(Cl)Cl)cn1.